The Morgan fingerprint density at radius 2 is 1.73 bits per heavy atom. The first kappa shape index (κ1) is 20.0. The van der Waals surface area contributed by atoms with Gasteiger partial charge in [-0.2, -0.15) is 0 Å². The average molecular weight is 406 g/mol. The second-order valence-electron chi connectivity index (χ2n) is 7.77. The number of hydrogen-bond acceptors (Lipinski definition) is 5. The lowest BCUT2D eigenvalue weighted by atomic mass is 9.98. The van der Waals surface area contributed by atoms with E-state index >= 15 is 0 Å². The molecule has 2 aromatic carbocycles. The van der Waals surface area contributed by atoms with E-state index in [1.807, 2.05) is 30.3 Å². The van der Waals surface area contributed by atoms with Crippen molar-refractivity contribution in [3.05, 3.63) is 59.8 Å². The molecule has 6 heteroatoms. The van der Waals surface area contributed by atoms with E-state index in [1.165, 1.54) is 12.0 Å². The predicted molar refractivity (Wildman–Crippen MR) is 115 cm³/mol. The summed E-state index contributed by atoms with van der Waals surface area (Å²) in [6.45, 7) is 3.71. The van der Waals surface area contributed by atoms with Crippen molar-refractivity contribution in [2.75, 3.05) is 32.2 Å². The zero-order valence-corrected chi connectivity index (χ0v) is 17.6. The molecule has 4 rings (SSSR count). The normalized spacial score (nSPS) is 19.5. The number of nitrogens with zero attached hydrogens (tertiary/aromatic N) is 2. The number of likely N-dealkylation sites (tertiary alicyclic amines) is 1. The predicted octanol–water partition coefficient (Wildman–Crippen LogP) is 3.72. The highest BCUT2D eigenvalue weighted by Gasteiger charge is 2.44. The molecule has 2 heterocycles. The third kappa shape index (κ3) is 3.43. The van der Waals surface area contributed by atoms with Crippen LogP contribution < -0.4 is 14.4 Å². The fraction of sp³-hybridized carbons (Fsp3) is 0.333. The quantitative estimate of drug-likeness (QED) is 0.709. The zero-order chi connectivity index (χ0) is 21.3. The second-order valence-corrected chi connectivity index (χ2v) is 7.77. The smallest absolute Gasteiger partial charge is 0.282 e. The molecule has 156 valence electrons. The molecule has 1 atom stereocenters. The van der Waals surface area contributed by atoms with Gasteiger partial charge in [0, 0.05) is 19.2 Å². The van der Waals surface area contributed by atoms with Crippen LogP contribution in [0.3, 0.4) is 0 Å². The van der Waals surface area contributed by atoms with Crippen LogP contribution in [0.25, 0.3) is 5.57 Å². The molecule has 30 heavy (non-hydrogen) atoms. The summed E-state index contributed by atoms with van der Waals surface area (Å²) >= 11 is 0. The first-order valence-corrected chi connectivity index (χ1v) is 10.2. The highest BCUT2D eigenvalue weighted by atomic mass is 16.5. The molecule has 0 radical (unpaired) electrons. The van der Waals surface area contributed by atoms with Crippen molar-refractivity contribution >= 4 is 23.1 Å². The van der Waals surface area contributed by atoms with Crippen LogP contribution in [0, 0.1) is 5.92 Å². The molecule has 1 saturated heterocycles. The molecule has 1 fully saturated rings. The number of anilines is 1. The van der Waals surface area contributed by atoms with Crippen molar-refractivity contribution in [2.24, 2.45) is 5.92 Å². The van der Waals surface area contributed by atoms with E-state index in [9.17, 15) is 9.59 Å². The number of methoxy groups -OCH3 is 2. The van der Waals surface area contributed by atoms with E-state index in [2.05, 4.69) is 11.8 Å². The molecular weight excluding hydrogens is 380 g/mol. The van der Waals surface area contributed by atoms with Gasteiger partial charge in [0.25, 0.3) is 11.8 Å². The Hall–Kier alpha value is -3.28. The maximum absolute atomic E-state index is 13.6. The van der Waals surface area contributed by atoms with Gasteiger partial charge in [-0.25, -0.2) is 4.90 Å². The molecule has 0 spiro atoms. The summed E-state index contributed by atoms with van der Waals surface area (Å²) in [5, 5.41) is 0. The molecule has 2 aromatic rings. The van der Waals surface area contributed by atoms with Gasteiger partial charge in [-0.15, -0.1) is 0 Å². The first-order valence-electron chi connectivity index (χ1n) is 10.2. The molecular formula is C24H26N2O4. The molecule has 2 aliphatic heterocycles. The van der Waals surface area contributed by atoms with Gasteiger partial charge in [-0.3, -0.25) is 9.59 Å². The molecule has 0 N–H and O–H groups in total. The summed E-state index contributed by atoms with van der Waals surface area (Å²) in [6, 6.07) is 14.5. The first-order chi connectivity index (χ1) is 14.5. The van der Waals surface area contributed by atoms with Gasteiger partial charge in [0.2, 0.25) is 0 Å². The largest absolute Gasteiger partial charge is 0.497 e. The number of rotatable bonds is 5. The number of amides is 2. The van der Waals surface area contributed by atoms with Crippen molar-refractivity contribution < 1.29 is 19.1 Å². The summed E-state index contributed by atoms with van der Waals surface area (Å²) in [4.78, 5) is 30.6. The SMILES string of the molecule is COc1ccc(N2C(=O)C(c3ccccc3)=C(N3CCCC(C)C3)C2=O)c(OC)c1. The lowest BCUT2D eigenvalue weighted by Gasteiger charge is -2.33. The lowest BCUT2D eigenvalue weighted by molar-refractivity contribution is -0.120. The van der Waals surface area contributed by atoms with E-state index in [-0.39, 0.29) is 11.8 Å². The average Bonchev–Trinajstić information content (AvgIpc) is 3.03. The number of carbonyl (C=O) groups excluding carboxylic acids is 2. The summed E-state index contributed by atoms with van der Waals surface area (Å²) in [7, 11) is 3.08. The lowest BCUT2D eigenvalue weighted by Crippen LogP contribution is -2.39. The van der Waals surface area contributed by atoms with Gasteiger partial charge >= 0.3 is 0 Å². The summed E-state index contributed by atoms with van der Waals surface area (Å²) in [5.41, 5.74) is 2.10. The third-order valence-corrected chi connectivity index (χ3v) is 5.72. The van der Waals surface area contributed by atoms with E-state index in [1.54, 1.807) is 25.3 Å². The highest BCUT2D eigenvalue weighted by molar-refractivity contribution is 6.45. The minimum atomic E-state index is -0.331. The Morgan fingerprint density at radius 1 is 0.967 bits per heavy atom. The number of carbonyl (C=O) groups is 2. The van der Waals surface area contributed by atoms with Crippen molar-refractivity contribution in [2.45, 2.75) is 19.8 Å². The summed E-state index contributed by atoms with van der Waals surface area (Å²) in [5.74, 6) is 0.836. The van der Waals surface area contributed by atoms with Crippen molar-refractivity contribution in [3.8, 4) is 11.5 Å². The molecule has 0 aromatic heterocycles. The van der Waals surface area contributed by atoms with Gasteiger partial charge in [-0.1, -0.05) is 37.3 Å². The standard InChI is InChI=1S/C24H26N2O4/c1-16-8-7-13-25(15-16)22-21(17-9-5-4-6-10-17)23(27)26(24(22)28)19-12-11-18(29-2)14-20(19)30-3/h4-6,9-12,14,16H,7-8,13,15H2,1-3H3. The van der Waals surface area contributed by atoms with E-state index in [4.69, 9.17) is 9.47 Å². The highest BCUT2D eigenvalue weighted by Crippen LogP contribution is 2.40. The fourth-order valence-corrected chi connectivity index (χ4v) is 4.26. The molecule has 6 nitrogen and oxygen atoms in total. The Bertz CT molecular complexity index is 1000. The van der Waals surface area contributed by atoms with Crippen molar-refractivity contribution in [3.63, 3.8) is 0 Å². The molecule has 2 aliphatic rings. The minimum Gasteiger partial charge on any atom is -0.497 e. The van der Waals surface area contributed by atoms with Crippen LogP contribution in [-0.4, -0.2) is 44.0 Å². The van der Waals surface area contributed by atoms with E-state index in [0.717, 1.165) is 31.5 Å². The van der Waals surface area contributed by atoms with Crippen LogP contribution in [0.4, 0.5) is 5.69 Å². The Morgan fingerprint density at radius 3 is 2.40 bits per heavy atom. The topological polar surface area (TPSA) is 59.1 Å². The van der Waals surface area contributed by atoms with E-state index < -0.39 is 0 Å². The number of imide groups is 1. The van der Waals surface area contributed by atoms with Crippen LogP contribution in [0.15, 0.2) is 54.2 Å². The van der Waals surface area contributed by atoms with E-state index in [0.29, 0.717) is 34.4 Å². The molecule has 1 unspecified atom stereocenters. The summed E-state index contributed by atoms with van der Waals surface area (Å²) < 4.78 is 10.7. The van der Waals surface area contributed by atoms with Crippen molar-refractivity contribution in [1.29, 1.82) is 0 Å². The van der Waals surface area contributed by atoms with Gasteiger partial charge < -0.3 is 14.4 Å². The van der Waals surface area contributed by atoms with Crippen LogP contribution >= 0.6 is 0 Å². The number of piperidine rings is 1. The van der Waals surface area contributed by atoms with Crippen LogP contribution in [0.5, 0.6) is 11.5 Å². The number of benzene rings is 2. The number of hydrogen-bond donors (Lipinski definition) is 0. The molecule has 2 amide bonds. The molecule has 0 aliphatic carbocycles. The van der Waals surface area contributed by atoms with Gasteiger partial charge in [0.15, 0.2) is 0 Å². The Labute approximate surface area is 176 Å². The maximum atomic E-state index is 13.6. The van der Waals surface area contributed by atoms with Crippen LogP contribution in [-0.2, 0) is 9.59 Å². The van der Waals surface area contributed by atoms with Crippen LogP contribution in [0.1, 0.15) is 25.3 Å². The third-order valence-electron chi connectivity index (χ3n) is 5.72. The monoisotopic (exact) mass is 406 g/mol. The molecule has 0 saturated carbocycles. The number of ether oxygens (including phenoxy) is 2. The van der Waals surface area contributed by atoms with Gasteiger partial charge in [-0.05, 0) is 36.5 Å². The maximum Gasteiger partial charge on any atom is 0.282 e. The van der Waals surface area contributed by atoms with Crippen LogP contribution in [0.2, 0.25) is 0 Å². The zero-order valence-electron chi connectivity index (χ0n) is 17.6. The Kier molecular flexibility index (Phi) is 5.48. The van der Waals surface area contributed by atoms with Crippen molar-refractivity contribution in [1.82, 2.24) is 4.90 Å². The molecule has 0 bridgehead atoms. The minimum absolute atomic E-state index is 0.309. The van der Waals surface area contributed by atoms with Gasteiger partial charge in [0.1, 0.15) is 17.2 Å². The van der Waals surface area contributed by atoms with Gasteiger partial charge in [0.05, 0.1) is 25.5 Å². The fourth-order valence-electron chi connectivity index (χ4n) is 4.26. The summed E-state index contributed by atoms with van der Waals surface area (Å²) in [6.07, 6.45) is 2.13. The second kappa shape index (κ2) is 8.22. The Balaban J connectivity index is 1.83.